The molecule has 2 aliphatic heterocycles. The van der Waals surface area contributed by atoms with Crippen LogP contribution in [0.3, 0.4) is 0 Å². The molecular weight excluding hydrogens is 280 g/mol. The zero-order valence-corrected chi connectivity index (χ0v) is 12.0. The topological polar surface area (TPSA) is 59.6 Å². The Morgan fingerprint density at radius 3 is 2.60 bits per heavy atom. The van der Waals surface area contributed by atoms with Crippen molar-refractivity contribution in [3.63, 3.8) is 0 Å². The van der Waals surface area contributed by atoms with Crippen LogP contribution in [0.2, 0.25) is 5.02 Å². The maximum atomic E-state index is 12.2. The van der Waals surface area contributed by atoms with Crippen molar-refractivity contribution < 1.29 is 14.3 Å². The number of anilines is 1. The van der Waals surface area contributed by atoms with Crippen molar-refractivity contribution in [2.75, 3.05) is 31.6 Å². The minimum atomic E-state index is -0.0412. The summed E-state index contributed by atoms with van der Waals surface area (Å²) in [7, 11) is 0. The van der Waals surface area contributed by atoms with E-state index < -0.39 is 0 Å². The van der Waals surface area contributed by atoms with Gasteiger partial charge in [0.25, 0.3) is 0 Å². The number of ether oxygens (including phenoxy) is 2. The highest BCUT2D eigenvalue weighted by atomic mass is 35.5. The Labute approximate surface area is 122 Å². The summed E-state index contributed by atoms with van der Waals surface area (Å²) in [6.45, 7) is 4.74. The molecule has 1 amide bonds. The lowest BCUT2D eigenvalue weighted by atomic mass is 9.88. The summed E-state index contributed by atoms with van der Waals surface area (Å²) in [5.74, 6) is 1.57. The van der Waals surface area contributed by atoms with Crippen molar-refractivity contribution in [1.82, 2.24) is 5.32 Å². The molecule has 1 saturated heterocycles. The van der Waals surface area contributed by atoms with E-state index in [1.54, 1.807) is 12.1 Å². The number of rotatable bonds is 3. The van der Waals surface area contributed by atoms with Gasteiger partial charge in [0, 0.05) is 18.1 Å². The second-order valence-corrected chi connectivity index (χ2v) is 5.58. The highest BCUT2D eigenvalue weighted by molar-refractivity contribution is 6.34. The van der Waals surface area contributed by atoms with Crippen LogP contribution in [0.4, 0.5) is 5.69 Å². The van der Waals surface area contributed by atoms with Crippen LogP contribution < -0.4 is 20.1 Å². The quantitative estimate of drug-likeness (QED) is 0.894. The number of benzene rings is 1. The van der Waals surface area contributed by atoms with Gasteiger partial charge in [0.1, 0.15) is 13.2 Å². The lowest BCUT2D eigenvalue weighted by Gasteiger charge is -2.31. The molecule has 0 bridgehead atoms. The monoisotopic (exact) mass is 296 g/mol. The van der Waals surface area contributed by atoms with Gasteiger partial charge >= 0.3 is 0 Å². The highest BCUT2D eigenvalue weighted by Gasteiger charge is 2.29. The second-order valence-electron chi connectivity index (χ2n) is 5.17. The van der Waals surface area contributed by atoms with Crippen LogP contribution >= 0.6 is 11.6 Å². The molecule has 0 radical (unpaired) electrons. The predicted molar refractivity (Wildman–Crippen MR) is 76.6 cm³/mol. The normalized spacial score (nSPS) is 19.1. The standard InChI is InChI=1S/C14H17ClN2O3/c1-8(9-6-16-7-9)14(18)17-11-5-13-12(4-10(11)15)19-2-3-20-13/h4-5,8-9,16H,2-3,6-7H2,1H3,(H,17,18). The van der Waals surface area contributed by atoms with E-state index in [1.807, 2.05) is 6.92 Å². The van der Waals surface area contributed by atoms with Crippen LogP contribution in [0.5, 0.6) is 11.5 Å². The molecule has 0 aliphatic carbocycles. The largest absolute Gasteiger partial charge is 0.486 e. The lowest BCUT2D eigenvalue weighted by molar-refractivity contribution is -0.121. The van der Waals surface area contributed by atoms with Gasteiger partial charge in [0.2, 0.25) is 5.91 Å². The summed E-state index contributed by atoms with van der Waals surface area (Å²) in [6.07, 6.45) is 0. The molecule has 1 atom stereocenters. The van der Waals surface area contributed by atoms with Gasteiger partial charge < -0.3 is 20.1 Å². The summed E-state index contributed by atoms with van der Waals surface area (Å²) >= 11 is 6.17. The van der Waals surface area contributed by atoms with Crippen LogP contribution in [-0.4, -0.2) is 32.2 Å². The molecule has 0 aromatic heterocycles. The summed E-state index contributed by atoms with van der Waals surface area (Å²) < 4.78 is 10.9. The number of hydrogen-bond acceptors (Lipinski definition) is 4. The second kappa shape index (κ2) is 5.50. The van der Waals surface area contributed by atoms with Crippen molar-refractivity contribution >= 4 is 23.2 Å². The number of fused-ring (bicyclic) bond motifs is 1. The number of nitrogens with one attached hydrogen (secondary N) is 2. The Morgan fingerprint density at radius 1 is 1.35 bits per heavy atom. The molecule has 2 N–H and O–H groups in total. The van der Waals surface area contributed by atoms with Crippen LogP contribution in [-0.2, 0) is 4.79 Å². The first kappa shape index (κ1) is 13.5. The van der Waals surface area contributed by atoms with Gasteiger partial charge in [0.15, 0.2) is 11.5 Å². The Hall–Kier alpha value is -1.46. The smallest absolute Gasteiger partial charge is 0.227 e. The van der Waals surface area contributed by atoms with E-state index in [9.17, 15) is 4.79 Å². The molecule has 1 fully saturated rings. The first-order chi connectivity index (χ1) is 9.65. The molecule has 3 rings (SSSR count). The molecule has 6 heteroatoms. The van der Waals surface area contributed by atoms with Crippen LogP contribution in [0.25, 0.3) is 0 Å². The molecule has 1 unspecified atom stereocenters. The average Bonchev–Trinajstić information content (AvgIpc) is 2.37. The highest BCUT2D eigenvalue weighted by Crippen LogP contribution is 2.38. The van der Waals surface area contributed by atoms with E-state index in [0.717, 1.165) is 13.1 Å². The van der Waals surface area contributed by atoms with Crippen molar-refractivity contribution in [1.29, 1.82) is 0 Å². The SMILES string of the molecule is CC(C(=O)Nc1cc2c(cc1Cl)OCCO2)C1CNC1. The maximum Gasteiger partial charge on any atom is 0.227 e. The van der Waals surface area contributed by atoms with Gasteiger partial charge in [-0.1, -0.05) is 18.5 Å². The third-order valence-electron chi connectivity index (χ3n) is 3.82. The van der Waals surface area contributed by atoms with Gasteiger partial charge in [-0.2, -0.15) is 0 Å². The van der Waals surface area contributed by atoms with E-state index in [1.165, 1.54) is 0 Å². The minimum Gasteiger partial charge on any atom is -0.486 e. The Bertz CT molecular complexity index is 531. The zero-order valence-electron chi connectivity index (χ0n) is 11.2. The minimum absolute atomic E-state index is 0.0184. The Balaban J connectivity index is 1.74. The van der Waals surface area contributed by atoms with Crippen molar-refractivity contribution in [2.24, 2.45) is 11.8 Å². The molecule has 2 aliphatic rings. The molecule has 0 spiro atoms. The summed E-state index contributed by atoms with van der Waals surface area (Å²) in [5.41, 5.74) is 0.569. The van der Waals surface area contributed by atoms with Crippen LogP contribution in [0, 0.1) is 11.8 Å². The number of hydrogen-bond donors (Lipinski definition) is 2. The molecular formula is C14H17ClN2O3. The molecule has 20 heavy (non-hydrogen) atoms. The first-order valence-electron chi connectivity index (χ1n) is 6.76. The van der Waals surface area contributed by atoms with E-state index in [2.05, 4.69) is 10.6 Å². The van der Waals surface area contributed by atoms with Gasteiger partial charge in [-0.05, 0) is 19.0 Å². The van der Waals surface area contributed by atoms with Crippen molar-refractivity contribution in [2.45, 2.75) is 6.92 Å². The lowest BCUT2D eigenvalue weighted by Crippen LogP contribution is -2.48. The van der Waals surface area contributed by atoms with Crippen LogP contribution in [0.1, 0.15) is 6.92 Å². The summed E-state index contributed by atoms with van der Waals surface area (Å²) in [6, 6.07) is 3.40. The maximum absolute atomic E-state index is 12.2. The van der Waals surface area contributed by atoms with Gasteiger partial charge in [0.05, 0.1) is 10.7 Å². The van der Waals surface area contributed by atoms with E-state index in [0.29, 0.717) is 41.3 Å². The van der Waals surface area contributed by atoms with E-state index >= 15 is 0 Å². The first-order valence-corrected chi connectivity index (χ1v) is 7.13. The van der Waals surface area contributed by atoms with Crippen LogP contribution in [0.15, 0.2) is 12.1 Å². The average molecular weight is 297 g/mol. The fourth-order valence-electron chi connectivity index (χ4n) is 2.28. The van der Waals surface area contributed by atoms with Gasteiger partial charge in [-0.25, -0.2) is 0 Å². The third kappa shape index (κ3) is 2.55. The van der Waals surface area contributed by atoms with Gasteiger partial charge in [-0.3, -0.25) is 4.79 Å². The van der Waals surface area contributed by atoms with E-state index in [4.69, 9.17) is 21.1 Å². The summed E-state index contributed by atoms with van der Waals surface area (Å²) in [5, 5.41) is 6.51. The number of carbonyl (C=O) groups excluding carboxylic acids is 1. The van der Waals surface area contributed by atoms with Crippen molar-refractivity contribution in [3.05, 3.63) is 17.2 Å². The Morgan fingerprint density at radius 2 is 2.00 bits per heavy atom. The van der Waals surface area contributed by atoms with E-state index in [-0.39, 0.29) is 11.8 Å². The molecule has 2 heterocycles. The zero-order chi connectivity index (χ0) is 14.1. The fraction of sp³-hybridized carbons (Fsp3) is 0.500. The number of amides is 1. The predicted octanol–water partition coefficient (Wildman–Crippen LogP) is 1.91. The molecule has 1 aromatic carbocycles. The number of halogens is 1. The molecule has 5 nitrogen and oxygen atoms in total. The molecule has 1 aromatic rings. The van der Waals surface area contributed by atoms with Crippen molar-refractivity contribution in [3.8, 4) is 11.5 Å². The Kier molecular flexibility index (Phi) is 3.72. The fourth-order valence-corrected chi connectivity index (χ4v) is 2.49. The number of carbonyl (C=O) groups is 1. The molecule has 108 valence electrons. The molecule has 0 saturated carbocycles. The third-order valence-corrected chi connectivity index (χ3v) is 4.14. The summed E-state index contributed by atoms with van der Waals surface area (Å²) in [4.78, 5) is 12.2. The van der Waals surface area contributed by atoms with Gasteiger partial charge in [-0.15, -0.1) is 0 Å².